The number of carbonyl (C=O) groups is 2. The van der Waals surface area contributed by atoms with E-state index in [1.165, 1.54) is 17.0 Å². The molecule has 0 unspecified atom stereocenters. The molecule has 0 fully saturated rings. The summed E-state index contributed by atoms with van der Waals surface area (Å²) in [6.07, 6.45) is 0.899. The van der Waals surface area contributed by atoms with Crippen molar-refractivity contribution < 1.29 is 18.0 Å². The lowest BCUT2D eigenvalue weighted by atomic mass is 10.0. The summed E-state index contributed by atoms with van der Waals surface area (Å²) in [7, 11) is -4.19. The van der Waals surface area contributed by atoms with Crippen LogP contribution in [0.1, 0.15) is 37.0 Å². The molecule has 0 heterocycles. The molecule has 11 heteroatoms. The smallest absolute Gasteiger partial charge is 0.264 e. The van der Waals surface area contributed by atoms with Gasteiger partial charge in [0.05, 0.1) is 20.6 Å². The van der Waals surface area contributed by atoms with E-state index in [2.05, 4.69) is 21.2 Å². The minimum Gasteiger partial charge on any atom is -0.352 e. The molecule has 0 saturated heterocycles. The monoisotopic (exact) mass is 743 g/mol. The molecule has 2 amide bonds. The number of carbonyl (C=O) groups excluding carboxylic acids is 2. The van der Waals surface area contributed by atoms with Crippen LogP contribution >= 0.6 is 39.1 Å². The zero-order chi connectivity index (χ0) is 33.4. The van der Waals surface area contributed by atoms with Crippen molar-refractivity contribution in [2.24, 2.45) is 0 Å². The maximum Gasteiger partial charge on any atom is 0.264 e. The minimum atomic E-state index is -4.19. The Morgan fingerprint density at radius 1 is 0.870 bits per heavy atom. The molecule has 0 radical (unpaired) electrons. The first-order chi connectivity index (χ1) is 21.9. The Balaban J connectivity index is 1.82. The highest BCUT2D eigenvalue weighted by atomic mass is 79.9. The molecule has 2 atom stereocenters. The number of nitrogens with one attached hydrogen (secondary N) is 1. The molecule has 0 aliphatic rings. The largest absolute Gasteiger partial charge is 0.352 e. The SMILES string of the molecule is CC[C@H](C)NC(=O)[C@H](Cc1ccccc1)N(Cc1ccc(Cl)c(Cl)c1)C(=O)CN(c1ccc(Br)cc1)S(=O)(=O)c1ccc(C)cc1. The first-order valence-corrected chi connectivity index (χ1v) is 17.8. The number of aryl methyl sites for hydroxylation is 1. The van der Waals surface area contributed by atoms with E-state index >= 15 is 0 Å². The fraction of sp³-hybridized carbons (Fsp3) is 0.257. The maximum absolute atomic E-state index is 14.5. The van der Waals surface area contributed by atoms with Crippen LogP contribution in [0.25, 0.3) is 0 Å². The number of rotatable bonds is 13. The van der Waals surface area contributed by atoms with E-state index in [0.717, 1.165) is 19.9 Å². The van der Waals surface area contributed by atoms with E-state index in [9.17, 15) is 18.0 Å². The highest BCUT2D eigenvalue weighted by molar-refractivity contribution is 9.10. The predicted octanol–water partition coefficient (Wildman–Crippen LogP) is 7.81. The first-order valence-electron chi connectivity index (χ1n) is 14.8. The summed E-state index contributed by atoms with van der Waals surface area (Å²) in [5, 5.41) is 3.68. The lowest BCUT2D eigenvalue weighted by Crippen LogP contribution is -2.54. The molecule has 242 valence electrons. The number of hydrogen-bond donors (Lipinski definition) is 1. The molecule has 4 rings (SSSR count). The minimum absolute atomic E-state index is 0.0140. The first kappa shape index (κ1) is 35.5. The molecule has 7 nitrogen and oxygen atoms in total. The third kappa shape index (κ3) is 9.12. The highest BCUT2D eigenvalue weighted by Crippen LogP contribution is 2.28. The van der Waals surface area contributed by atoms with Gasteiger partial charge in [-0.15, -0.1) is 0 Å². The van der Waals surface area contributed by atoms with Crippen LogP contribution in [0.2, 0.25) is 10.0 Å². The molecule has 0 spiro atoms. The molecular weight excluding hydrogens is 709 g/mol. The second-order valence-electron chi connectivity index (χ2n) is 11.1. The average Bonchev–Trinajstić information content (AvgIpc) is 3.04. The number of anilines is 1. The van der Waals surface area contributed by atoms with Crippen LogP contribution in [0.15, 0.2) is 106 Å². The second-order valence-corrected chi connectivity index (χ2v) is 14.7. The molecule has 0 aliphatic heterocycles. The summed E-state index contributed by atoms with van der Waals surface area (Å²) in [5.41, 5.74) is 2.67. The Morgan fingerprint density at radius 3 is 2.13 bits per heavy atom. The van der Waals surface area contributed by atoms with Gasteiger partial charge in [-0.05, 0) is 79.9 Å². The van der Waals surface area contributed by atoms with Crippen molar-refractivity contribution in [1.82, 2.24) is 10.2 Å². The van der Waals surface area contributed by atoms with Gasteiger partial charge in [0.2, 0.25) is 11.8 Å². The van der Waals surface area contributed by atoms with Gasteiger partial charge in [0, 0.05) is 23.5 Å². The summed E-state index contributed by atoms with van der Waals surface area (Å²) in [6, 6.07) is 26.4. The van der Waals surface area contributed by atoms with Crippen LogP contribution in [-0.4, -0.2) is 43.8 Å². The average molecular weight is 746 g/mol. The van der Waals surface area contributed by atoms with E-state index in [1.54, 1.807) is 54.6 Å². The lowest BCUT2D eigenvalue weighted by Gasteiger charge is -2.34. The summed E-state index contributed by atoms with van der Waals surface area (Å²) in [6.45, 7) is 5.15. The second kappa shape index (κ2) is 16.0. The van der Waals surface area contributed by atoms with Gasteiger partial charge in [-0.2, -0.15) is 0 Å². The topological polar surface area (TPSA) is 86.8 Å². The van der Waals surface area contributed by atoms with Crippen LogP contribution in [-0.2, 0) is 32.6 Å². The molecule has 0 saturated carbocycles. The molecule has 1 N–H and O–H groups in total. The number of amides is 2. The van der Waals surface area contributed by atoms with Crippen LogP contribution < -0.4 is 9.62 Å². The van der Waals surface area contributed by atoms with Gasteiger partial charge in [0.25, 0.3) is 10.0 Å². The number of hydrogen-bond acceptors (Lipinski definition) is 4. The van der Waals surface area contributed by atoms with Crippen LogP contribution in [0.5, 0.6) is 0 Å². The Morgan fingerprint density at radius 2 is 1.52 bits per heavy atom. The molecule has 0 aromatic heterocycles. The number of halogens is 3. The van der Waals surface area contributed by atoms with Gasteiger partial charge in [0.1, 0.15) is 12.6 Å². The highest BCUT2D eigenvalue weighted by Gasteiger charge is 2.35. The molecule has 0 aliphatic carbocycles. The van der Waals surface area contributed by atoms with E-state index in [4.69, 9.17) is 23.2 Å². The van der Waals surface area contributed by atoms with E-state index in [-0.39, 0.29) is 29.8 Å². The predicted molar refractivity (Wildman–Crippen MR) is 189 cm³/mol. The molecule has 46 heavy (non-hydrogen) atoms. The number of nitrogens with zero attached hydrogens (tertiary/aromatic N) is 2. The zero-order valence-electron chi connectivity index (χ0n) is 25.8. The molecule has 0 bridgehead atoms. The number of benzene rings is 4. The van der Waals surface area contributed by atoms with Crippen molar-refractivity contribution in [3.63, 3.8) is 0 Å². The van der Waals surface area contributed by atoms with Crippen LogP contribution in [0, 0.1) is 6.92 Å². The van der Waals surface area contributed by atoms with Crippen molar-refractivity contribution in [1.29, 1.82) is 0 Å². The summed E-state index contributed by atoms with van der Waals surface area (Å²) < 4.78 is 30.1. The summed E-state index contributed by atoms with van der Waals surface area (Å²) in [5.74, 6) is -0.909. The van der Waals surface area contributed by atoms with Gasteiger partial charge in [0.15, 0.2) is 0 Å². The normalized spacial score (nSPS) is 12.7. The fourth-order valence-electron chi connectivity index (χ4n) is 4.80. The van der Waals surface area contributed by atoms with Crippen molar-refractivity contribution >= 4 is 66.7 Å². The van der Waals surface area contributed by atoms with E-state index < -0.39 is 28.5 Å². The number of sulfonamides is 1. The van der Waals surface area contributed by atoms with Crippen molar-refractivity contribution in [2.75, 3.05) is 10.8 Å². The third-order valence-corrected chi connectivity index (χ3v) is 10.7. The quantitative estimate of drug-likeness (QED) is 0.151. The summed E-state index contributed by atoms with van der Waals surface area (Å²) >= 11 is 15.9. The Labute approximate surface area is 289 Å². The van der Waals surface area contributed by atoms with Gasteiger partial charge in [-0.1, -0.05) is 100 Å². The van der Waals surface area contributed by atoms with Crippen molar-refractivity contribution in [3.05, 3.63) is 128 Å². The van der Waals surface area contributed by atoms with Gasteiger partial charge in [-0.25, -0.2) is 8.42 Å². The van der Waals surface area contributed by atoms with Gasteiger partial charge >= 0.3 is 0 Å². The van der Waals surface area contributed by atoms with Crippen LogP contribution in [0.3, 0.4) is 0 Å². The zero-order valence-corrected chi connectivity index (χ0v) is 29.7. The van der Waals surface area contributed by atoms with E-state index in [0.29, 0.717) is 27.7 Å². The third-order valence-electron chi connectivity index (χ3n) is 7.61. The lowest BCUT2D eigenvalue weighted by molar-refractivity contribution is -0.140. The maximum atomic E-state index is 14.5. The fourth-order valence-corrected chi connectivity index (χ4v) is 6.80. The Hall–Kier alpha value is -3.37. The standard InChI is InChI=1S/C35H36BrCl2N3O4S/c1-4-25(3)39-35(43)33(21-26-8-6-5-7-9-26)40(22-27-12-19-31(37)32(38)20-27)34(42)23-41(29-15-13-28(36)14-16-29)46(44,45)30-17-10-24(2)11-18-30/h5-20,25,33H,4,21-23H2,1-3H3,(H,39,43)/t25-,33-/m0/s1. The summed E-state index contributed by atoms with van der Waals surface area (Å²) in [4.78, 5) is 29.9. The Kier molecular flexibility index (Phi) is 12.3. The molecule has 4 aromatic carbocycles. The molecule has 4 aromatic rings. The van der Waals surface area contributed by atoms with E-state index in [1.807, 2.05) is 51.1 Å². The van der Waals surface area contributed by atoms with Crippen LogP contribution in [0.4, 0.5) is 5.69 Å². The van der Waals surface area contributed by atoms with Gasteiger partial charge in [-0.3, -0.25) is 13.9 Å². The van der Waals surface area contributed by atoms with Crippen molar-refractivity contribution in [2.45, 2.75) is 57.1 Å². The van der Waals surface area contributed by atoms with Crippen molar-refractivity contribution in [3.8, 4) is 0 Å². The molecular formula is C35H36BrCl2N3O4S. The van der Waals surface area contributed by atoms with Gasteiger partial charge < -0.3 is 10.2 Å². The Bertz CT molecular complexity index is 1760.